The molecule has 7 heteroatoms. The molecule has 0 fully saturated rings. The molecular weight excluding hydrogens is 391 g/mol. The third kappa shape index (κ3) is 4.81. The van der Waals surface area contributed by atoms with Crippen molar-refractivity contribution in [3.8, 4) is 0 Å². The van der Waals surface area contributed by atoms with E-state index in [9.17, 15) is 17.6 Å². The van der Waals surface area contributed by atoms with Crippen molar-refractivity contribution in [2.75, 3.05) is 4.72 Å². The predicted molar refractivity (Wildman–Crippen MR) is 111 cm³/mol. The first-order valence-electron chi connectivity index (χ1n) is 9.02. The monoisotopic (exact) mass is 412 g/mol. The Hall–Kier alpha value is -3.19. The lowest BCUT2D eigenvalue weighted by atomic mass is 10.1. The lowest BCUT2D eigenvalue weighted by Gasteiger charge is -2.15. The zero-order chi connectivity index (χ0) is 21.0. The van der Waals surface area contributed by atoms with E-state index >= 15 is 0 Å². The zero-order valence-electron chi connectivity index (χ0n) is 16.0. The van der Waals surface area contributed by atoms with E-state index in [1.807, 2.05) is 19.1 Å². The molecule has 5 nitrogen and oxygen atoms in total. The Morgan fingerprint density at radius 2 is 1.55 bits per heavy atom. The summed E-state index contributed by atoms with van der Waals surface area (Å²) in [5.74, 6) is -0.819. The van der Waals surface area contributed by atoms with Gasteiger partial charge in [-0.2, -0.15) is 0 Å². The van der Waals surface area contributed by atoms with Gasteiger partial charge >= 0.3 is 0 Å². The highest BCUT2D eigenvalue weighted by molar-refractivity contribution is 7.92. The number of halogens is 1. The van der Waals surface area contributed by atoms with E-state index in [1.165, 1.54) is 30.3 Å². The normalized spacial score (nSPS) is 12.2. The molecule has 0 aliphatic heterocycles. The number of nitrogens with one attached hydrogen (secondary N) is 2. The van der Waals surface area contributed by atoms with Crippen LogP contribution in [-0.2, 0) is 10.0 Å². The predicted octanol–water partition coefficient (Wildman–Crippen LogP) is 4.43. The standard InChI is InChI=1S/C22H21FN2O3S/c1-15-7-3-6-10-21(15)25-29(27,28)18-13-11-17(12-14-18)22(26)24-16(2)19-8-4-5-9-20(19)23/h3-14,16,25H,1-2H3,(H,24,26). The minimum atomic E-state index is -3.78. The first-order valence-corrected chi connectivity index (χ1v) is 10.5. The molecule has 1 atom stereocenters. The highest BCUT2D eigenvalue weighted by atomic mass is 32.2. The Kier molecular flexibility index (Phi) is 5.98. The number of carbonyl (C=O) groups is 1. The van der Waals surface area contributed by atoms with Crippen LogP contribution < -0.4 is 10.0 Å². The molecule has 0 bridgehead atoms. The SMILES string of the molecule is Cc1ccccc1NS(=O)(=O)c1ccc(C(=O)NC(C)c2ccccc2F)cc1. The van der Waals surface area contributed by atoms with Crippen LogP contribution in [0.3, 0.4) is 0 Å². The van der Waals surface area contributed by atoms with Crippen molar-refractivity contribution in [3.63, 3.8) is 0 Å². The van der Waals surface area contributed by atoms with Crippen molar-refractivity contribution in [3.05, 3.63) is 95.3 Å². The van der Waals surface area contributed by atoms with Crippen molar-refractivity contribution in [2.45, 2.75) is 24.8 Å². The molecule has 0 aliphatic rings. The quantitative estimate of drug-likeness (QED) is 0.629. The molecule has 0 saturated heterocycles. The number of hydrogen-bond acceptors (Lipinski definition) is 3. The summed E-state index contributed by atoms with van der Waals surface area (Å²) in [7, 11) is -3.78. The second-order valence-corrected chi connectivity index (χ2v) is 8.34. The third-order valence-electron chi connectivity index (χ3n) is 4.54. The van der Waals surface area contributed by atoms with Gasteiger partial charge in [0.05, 0.1) is 16.6 Å². The minimum Gasteiger partial charge on any atom is -0.345 e. The van der Waals surface area contributed by atoms with Crippen LogP contribution in [0.4, 0.5) is 10.1 Å². The van der Waals surface area contributed by atoms with E-state index in [0.717, 1.165) is 5.56 Å². The molecule has 3 aromatic rings. The van der Waals surface area contributed by atoms with E-state index in [0.29, 0.717) is 11.3 Å². The molecule has 0 aromatic heterocycles. The maximum absolute atomic E-state index is 13.9. The molecule has 1 unspecified atom stereocenters. The second kappa shape index (κ2) is 8.45. The van der Waals surface area contributed by atoms with Gasteiger partial charge in [-0.3, -0.25) is 9.52 Å². The van der Waals surface area contributed by atoms with Gasteiger partial charge in [0.15, 0.2) is 0 Å². The van der Waals surface area contributed by atoms with E-state index < -0.39 is 27.8 Å². The highest BCUT2D eigenvalue weighted by Gasteiger charge is 2.18. The molecule has 0 saturated carbocycles. The summed E-state index contributed by atoms with van der Waals surface area (Å²) in [4.78, 5) is 12.5. The maximum Gasteiger partial charge on any atom is 0.261 e. The fourth-order valence-electron chi connectivity index (χ4n) is 2.86. The highest BCUT2D eigenvalue weighted by Crippen LogP contribution is 2.20. The number of hydrogen-bond donors (Lipinski definition) is 2. The van der Waals surface area contributed by atoms with Gasteiger partial charge in [-0.25, -0.2) is 12.8 Å². The zero-order valence-corrected chi connectivity index (χ0v) is 16.8. The van der Waals surface area contributed by atoms with Crippen molar-refractivity contribution in [1.29, 1.82) is 0 Å². The Morgan fingerprint density at radius 1 is 0.931 bits per heavy atom. The maximum atomic E-state index is 13.9. The number of carbonyl (C=O) groups excluding carboxylic acids is 1. The topological polar surface area (TPSA) is 75.3 Å². The molecule has 0 heterocycles. The third-order valence-corrected chi connectivity index (χ3v) is 5.92. The van der Waals surface area contributed by atoms with Crippen LogP contribution in [0.15, 0.2) is 77.7 Å². The van der Waals surface area contributed by atoms with Crippen molar-refractivity contribution < 1.29 is 17.6 Å². The summed E-state index contributed by atoms with van der Waals surface area (Å²) in [6.45, 7) is 3.49. The fourth-order valence-corrected chi connectivity index (χ4v) is 3.99. The lowest BCUT2D eigenvalue weighted by Crippen LogP contribution is -2.27. The van der Waals surface area contributed by atoms with Crippen LogP contribution in [0.25, 0.3) is 0 Å². The fraction of sp³-hybridized carbons (Fsp3) is 0.136. The van der Waals surface area contributed by atoms with Gasteiger partial charge in [0.2, 0.25) is 0 Å². The number of benzene rings is 3. The van der Waals surface area contributed by atoms with Crippen LogP contribution in [0, 0.1) is 12.7 Å². The van der Waals surface area contributed by atoms with Crippen molar-refractivity contribution in [2.24, 2.45) is 0 Å². The molecule has 0 spiro atoms. The van der Waals surface area contributed by atoms with Crippen LogP contribution in [0.5, 0.6) is 0 Å². The molecule has 3 aromatic carbocycles. The molecular formula is C22H21FN2O3S. The van der Waals surface area contributed by atoms with Crippen LogP contribution in [0.1, 0.15) is 34.5 Å². The Bertz CT molecular complexity index is 1130. The smallest absolute Gasteiger partial charge is 0.261 e. The number of anilines is 1. The van der Waals surface area contributed by atoms with Crippen LogP contribution >= 0.6 is 0 Å². The summed E-state index contributed by atoms with van der Waals surface area (Å²) in [5.41, 5.74) is 1.95. The second-order valence-electron chi connectivity index (χ2n) is 6.66. The van der Waals surface area contributed by atoms with Gasteiger partial charge in [0.25, 0.3) is 15.9 Å². The van der Waals surface area contributed by atoms with Crippen molar-refractivity contribution in [1.82, 2.24) is 5.32 Å². The molecule has 3 rings (SSSR count). The Morgan fingerprint density at radius 3 is 2.21 bits per heavy atom. The van der Waals surface area contributed by atoms with E-state index in [1.54, 1.807) is 37.3 Å². The molecule has 0 radical (unpaired) electrons. The Labute approximate surface area is 169 Å². The summed E-state index contributed by atoms with van der Waals surface area (Å²) < 4.78 is 41.6. The average Bonchev–Trinajstić information content (AvgIpc) is 2.70. The van der Waals surface area contributed by atoms with Crippen molar-refractivity contribution >= 4 is 21.6 Å². The summed E-state index contributed by atoms with van der Waals surface area (Å²) in [5, 5.41) is 2.71. The summed E-state index contributed by atoms with van der Waals surface area (Å²) >= 11 is 0. The van der Waals surface area contributed by atoms with Gasteiger partial charge < -0.3 is 5.32 Å². The number of rotatable bonds is 6. The lowest BCUT2D eigenvalue weighted by molar-refractivity contribution is 0.0939. The molecule has 1 amide bonds. The van der Waals surface area contributed by atoms with Crippen LogP contribution in [-0.4, -0.2) is 14.3 Å². The van der Waals surface area contributed by atoms with Gasteiger partial charge in [0.1, 0.15) is 5.82 Å². The average molecular weight is 412 g/mol. The molecule has 150 valence electrons. The molecule has 0 aliphatic carbocycles. The van der Waals surface area contributed by atoms with Gasteiger partial charge in [-0.05, 0) is 55.8 Å². The van der Waals surface area contributed by atoms with E-state index in [-0.39, 0.29) is 10.5 Å². The minimum absolute atomic E-state index is 0.0412. The first kappa shape index (κ1) is 20.5. The Balaban J connectivity index is 1.73. The number of aryl methyl sites for hydroxylation is 1. The molecule has 2 N–H and O–H groups in total. The van der Waals surface area contributed by atoms with Gasteiger partial charge in [-0.1, -0.05) is 36.4 Å². The largest absolute Gasteiger partial charge is 0.345 e. The first-order chi connectivity index (χ1) is 13.8. The van der Waals surface area contributed by atoms with Gasteiger partial charge in [0, 0.05) is 11.1 Å². The molecule has 29 heavy (non-hydrogen) atoms. The van der Waals surface area contributed by atoms with Crippen LogP contribution in [0.2, 0.25) is 0 Å². The van der Waals surface area contributed by atoms with E-state index in [2.05, 4.69) is 10.0 Å². The summed E-state index contributed by atoms with van der Waals surface area (Å²) in [6, 6.07) is 18.3. The number of sulfonamides is 1. The number of amides is 1. The summed E-state index contributed by atoms with van der Waals surface area (Å²) in [6.07, 6.45) is 0. The van der Waals surface area contributed by atoms with E-state index in [4.69, 9.17) is 0 Å². The number of para-hydroxylation sites is 1. The van der Waals surface area contributed by atoms with Gasteiger partial charge in [-0.15, -0.1) is 0 Å².